The van der Waals surface area contributed by atoms with E-state index in [0.717, 1.165) is 23.3 Å². The number of amides is 2. The Morgan fingerprint density at radius 2 is 1.74 bits per heavy atom. The van der Waals surface area contributed by atoms with Crippen LogP contribution in [0.15, 0.2) is 48.5 Å². The second-order valence-corrected chi connectivity index (χ2v) is 8.27. The minimum absolute atomic E-state index is 0.0409. The lowest BCUT2D eigenvalue weighted by molar-refractivity contribution is -0.141. The minimum atomic E-state index is -0.542. The van der Waals surface area contributed by atoms with Gasteiger partial charge in [0.2, 0.25) is 11.8 Å². The summed E-state index contributed by atoms with van der Waals surface area (Å²) >= 11 is 0. The highest BCUT2D eigenvalue weighted by Crippen LogP contribution is 2.15. The maximum atomic E-state index is 13.1. The number of hydrogen-bond acceptors (Lipinski definition) is 3. The van der Waals surface area contributed by atoms with E-state index in [1.807, 2.05) is 70.2 Å². The van der Waals surface area contributed by atoms with Crippen LogP contribution < -0.4 is 10.1 Å². The highest BCUT2D eigenvalue weighted by Gasteiger charge is 2.26. The van der Waals surface area contributed by atoms with Crippen LogP contribution in [0.1, 0.15) is 56.7 Å². The van der Waals surface area contributed by atoms with Crippen molar-refractivity contribution in [2.75, 3.05) is 6.61 Å². The molecule has 2 aromatic rings. The number of hydrogen-bond donors (Lipinski definition) is 1. The van der Waals surface area contributed by atoms with Gasteiger partial charge in [0.25, 0.3) is 0 Å². The average Bonchev–Trinajstić information content (AvgIpc) is 2.75. The van der Waals surface area contributed by atoms with Gasteiger partial charge in [-0.05, 0) is 58.2 Å². The highest BCUT2D eigenvalue weighted by molar-refractivity contribution is 5.87. The lowest BCUT2D eigenvalue weighted by Gasteiger charge is -2.30. The number of nitrogens with zero attached hydrogens (tertiary/aromatic N) is 1. The summed E-state index contributed by atoms with van der Waals surface area (Å²) in [6.45, 7) is 10.7. The molecule has 0 heterocycles. The topological polar surface area (TPSA) is 58.6 Å². The van der Waals surface area contributed by atoms with Gasteiger partial charge in [-0.3, -0.25) is 9.59 Å². The van der Waals surface area contributed by atoms with Gasteiger partial charge in [-0.1, -0.05) is 54.4 Å². The Labute approximate surface area is 186 Å². The number of carbonyl (C=O) groups is 2. The fraction of sp³-hybridized carbons (Fsp3) is 0.462. The van der Waals surface area contributed by atoms with Gasteiger partial charge in [0.1, 0.15) is 11.8 Å². The molecule has 0 aliphatic rings. The quantitative estimate of drug-likeness (QED) is 0.528. The Hall–Kier alpha value is -2.82. The summed E-state index contributed by atoms with van der Waals surface area (Å²) in [6, 6.07) is 15.5. The number of benzene rings is 2. The van der Waals surface area contributed by atoms with Crippen LogP contribution in [0.5, 0.6) is 5.75 Å². The molecule has 2 rings (SSSR count). The molecule has 1 N–H and O–H groups in total. The van der Waals surface area contributed by atoms with Gasteiger partial charge < -0.3 is 15.0 Å². The molecular formula is C26H36N2O3. The lowest BCUT2D eigenvalue weighted by Crippen LogP contribution is -2.49. The van der Waals surface area contributed by atoms with Gasteiger partial charge in [0.05, 0.1) is 6.61 Å². The maximum absolute atomic E-state index is 13.1. The molecule has 0 radical (unpaired) electrons. The molecule has 2 atom stereocenters. The molecule has 2 amide bonds. The zero-order valence-corrected chi connectivity index (χ0v) is 19.5. The summed E-state index contributed by atoms with van der Waals surface area (Å²) < 4.78 is 5.75. The lowest BCUT2D eigenvalue weighted by atomic mass is 10.1. The molecule has 0 saturated carbocycles. The number of nitrogens with one attached hydrogen (secondary N) is 1. The number of aryl methyl sites for hydroxylation is 2. The zero-order chi connectivity index (χ0) is 22.8. The van der Waals surface area contributed by atoms with Gasteiger partial charge in [0, 0.05) is 19.0 Å². The summed E-state index contributed by atoms with van der Waals surface area (Å²) in [4.78, 5) is 27.5. The van der Waals surface area contributed by atoms with Crippen LogP contribution in [0, 0.1) is 13.8 Å². The van der Waals surface area contributed by atoms with E-state index in [9.17, 15) is 9.59 Å². The number of ether oxygens (including phenoxy) is 1. The van der Waals surface area contributed by atoms with Crippen LogP contribution in [-0.4, -0.2) is 35.4 Å². The predicted molar refractivity (Wildman–Crippen MR) is 125 cm³/mol. The van der Waals surface area contributed by atoms with Crippen molar-refractivity contribution < 1.29 is 14.3 Å². The first kappa shape index (κ1) is 24.4. The molecule has 168 valence electrons. The predicted octanol–water partition coefficient (Wildman–Crippen LogP) is 4.79. The molecule has 0 unspecified atom stereocenters. The molecular weight excluding hydrogens is 388 g/mol. The van der Waals surface area contributed by atoms with Crippen LogP contribution in [0.4, 0.5) is 0 Å². The molecule has 2 aromatic carbocycles. The largest absolute Gasteiger partial charge is 0.494 e. The Morgan fingerprint density at radius 1 is 1.03 bits per heavy atom. The Morgan fingerprint density at radius 3 is 2.39 bits per heavy atom. The Kier molecular flexibility index (Phi) is 9.57. The fourth-order valence-corrected chi connectivity index (χ4v) is 3.25. The second kappa shape index (κ2) is 12.1. The van der Waals surface area contributed by atoms with Crippen molar-refractivity contribution in [2.24, 2.45) is 0 Å². The molecule has 0 bridgehead atoms. The zero-order valence-electron chi connectivity index (χ0n) is 19.5. The van der Waals surface area contributed by atoms with E-state index in [1.165, 1.54) is 5.56 Å². The Balaban J connectivity index is 2.00. The summed E-state index contributed by atoms with van der Waals surface area (Å²) in [7, 11) is 0. The van der Waals surface area contributed by atoms with Crippen molar-refractivity contribution in [3.05, 3.63) is 65.2 Å². The summed E-state index contributed by atoms with van der Waals surface area (Å²) in [5, 5.41) is 3.00. The highest BCUT2D eigenvalue weighted by atomic mass is 16.5. The standard InChI is InChI=1S/C26H36N2O3/c1-6-21(4)27-26(30)22(5)28(18-23-10-7-9-20(3)17-23)25(29)11-8-16-31-24-14-12-19(2)13-15-24/h7,9-10,12-15,17,21-22H,6,8,11,16,18H2,1-5H3,(H,27,30)/t21-,22+/m1/s1. The molecule has 0 aliphatic heterocycles. The average molecular weight is 425 g/mol. The van der Waals surface area contributed by atoms with Crippen LogP contribution in [0.3, 0.4) is 0 Å². The van der Waals surface area contributed by atoms with E-state index in [0.29, 0.717) is 26.0 Å². The van der Waals surface area contributed by atoms with Crippen molar-refractivity contribution in [3.63, 3.8) is 0 Å². The molecule has 0 aromatic heterocycles. The number of rotatable bonds is 11. The fourth-order valence-electron chi connectivity index (χ4n) is 3.25. The van der Waals surface area contributed by atoms with Crippen LogP contribution in [-0.2, 0) is 16.1 Å². The smallest absolute Gasteiger partial charge is 0.242 e. The third-order valence-corrected chi connectivity index (χ3v) is 5.43. The molecule has 0 spiro atoms. The van der Waals surface area contributed by atoms with Crippen molar-refractivity contribution in [3.8, 4) is 5.75 Å². The first-order chi connectivity index (χ1) is 14.8. The summed E-state index contributed by atoms with van der Waals surface area (Å²) in [6.07, 6.45) is 1.77. The van der Waals surface area contributed by atoms with Crippen LogP contribution in [0.2, 0.25) is 0 Å². The normalized spacial score (nSPS) is 12.7. The van der Waals surface area contributed by atoms with Crippen molar-refractivity contribution >= 4 is 11.8 Å². The van der Waals surface area contributed by atoms with Gasteiger partial charge >= 0.3 is 0 Å². The van der Waals surface area contributed by atoms with Crippen molar-refractivity contribution in [2.45, 2.75) is 72.5 Å². The second-order valence-electron chi connectivity index (χ2n) is 8.27. The van der Waals surface area contributed by atoms with Gasteiger partial charge in [-0.25, -0.2) is 0 Å². The maximum Gasteiger partial charge on any atom is 0.242 e. The van der Waals surface area contributed by atoms with Gasteiger partial charge in [-0.2, -0.15) is 0 Å². The Bertz CT molecular complexity index is 848. The molecule has 0 aliphatic carbocycles. The van der Waals surface area contributed by atoms with E-state index < -0.39 is 6.04 Å². The molecule has 5 nitrogen and oxygen atoms in total. The van der Waals surface area contributed by atoms with E-state index in [4.69, 9.17) is 4.74 Å². The van der Waals surface area contributed by atoms with Crippen LogP contribution >= 0.6 is 0 Å². The van der Waals surface area contributed by atoms with Crippen molar-refractivity contribution in [1.29, 1.82) is 0 Å². The summed E-state index contributed by atoms with van der Waals surface area (Å²) in [5.74, 6) is 0.642. The molecule has 31 heavy (non-hydrogen) atoms. The molecule has 5 heteroatoms. The minimum Gasteiger partial charge on any atom is -0.494 e. The van der Waals surface area contributed by atoms with Gasteiger partial charge in [-0.15, -0.1) is 0 Å². The third-order valence-electron chi connectivity index (χ3n) is 5.43. The van der Waals surface area contributed by atoms with E-state index in [1.54, 1.807) is 11.8 Å². The van der Waals surface area contributed by atoms with Crippen LogP contribution in [0.25, 0.3) is 0 Å². The van der Waals surface area contributed by atoms with E-state index >= 15 is 0 Å². The monoisotopic (exact) mass is 424 g/mol. The molecule has 0 saturated heterocycles. The first-order valence-corrected chi connectivity index (χ1v) is 11.1. The summed E-state index contributed by atoms with van der Waals surface area (Å²) in [5.41, 5.74) is 3.33. The van der Waals surface area contributed by atoms with Gasteiger partial charge in [0.15, 0.2) is 0 Å². The van der Waals surface area contributed by atoms with E-state index in [-0.39, 0.29) is 17.9 Å². The van der Waals surface area contributed by atoms with E-state index in [2.05, 4.69) is 11.4 Å². The molecule has 0 fully saturated rings. The number of carbonyl (C=O) groups excluding carboxylic acids is 2. The first-order valence-electron chi connectivity index (χ1n) is 11.1. The third kappa shape index (κ3) is 8.08. The van der Waals surface area contributed by atoms with Crippen molar-refractivity contribution in [1.82, 2.24) is 10.2 Å². The SMILES string of the molecule is CC[C@@H](C)NC(=O)[C@H](C)N(Cc1cccc(C)c1)C(=O)CCCOc1ccc(C)cc1.